The summed E-state index contributed by atoms with van der Waals surface area (Å²) < 4.78 is 20.5. The fourth-order valence-corrected chi connectivity index (χ4v) is 5.67. The van der Waals surface area contributed by atoms with Gasteiger partial charge in [-0.05, 0) is 37.8 Å². The molecule has 1 aromatic rings. The third-order valence-corrected chi connectivity index (χ3v) is 7.23. The first-order chi connectivity index (χ1) is 14.5. The van der Waals surface area contributed by atoms with Gasteiger partial charge in [0.2, 0.25) is 0 Å². The van der Waals surface area contributed by atoms with Crippen molar-refractivity contribution in [3.05, 3.63) is 24.0 Å². The molecular weight excluding hydrogens is 383 g/mol. The van der Waals surface area contributed by atoms with Crippen LogP contribution in [-0.2, 0) is 0 Å². The van der Waals surface area contributed by atoms with Gasteiger partial charge in [-0.3, -0.25) is 11.5 Å². The van der Waals surface area contributed by atoms with Gasteiger partial charge in [-0.2, -0.15) is 0 Å². The quantitative estimate of drug-likeness (QED) is 0.644. The largest absolute Gasteiger partial charge is 0.494 e. The van der Waals surface area contributed by atoms with Crippen molar-refractivity contribution in [3.63, 3.8) is 0 Å². The minimum atomic E-state index is -0.600. The van der Waals surface area contributed by atoms with Crippen molar-refractivity contribution in [2.24, 2.45) is 17.2 Å². The highest BCUT2D eigenvalue weighted by Gasteiger charge is 2.48. The van der Waals surface area contributed by atoms with E-state index >= 15 is 4.39 Å². The molecule has 1 saturated heterocycles. The van der Waals surface area contributed by atoms with Crippen LogP contribution in [0.3, 0.4) is 0 Å². The number of ether oxygens (including phenoxy) is 1. The molecule has 0 spiro atoms. The molecule has 0 amide bonds. The molecule has 1 aromatic carbocycles. The van der Waals surface area contributed by atoms with Crippen LogP contribution in [0.4, 0.5) is 10.1 Å². The number of rotatable bonds is 4. The van der Waals surface area contributed by atoms with E-state index in [2.05, 4.69) is 9.80 Å². The van der Waals surface area contributed by atoms with Crippen molar-refractivity contribution in [2.75, 3.05) is 12.0 Å². The van der Waals surface area contributed by atoms with E-state index in [9.17, 15) is 0 Å². The van der Waals surface area contributed by atoms with Crippen LogP contribution in [0.1, 0.15) is 64.2 Å². The number of nitrogens with two attached hydrogens (primary N) is 3. The van der Waals surface area contributed by atoms with Crippen molar-refractivity contribution >= 4 is 5.69 Å². The third kappa shape index (κ3) is 3.91. The van der Waals surface area contributed by atoms with E-state index in [0.29, 0.717) is 5.69 Å². The molecule has 4 rings (SSSR count). The average Bonchev–Trinajstić information content (AvgIpc) is 3.12. The van der Waals surface area contributed by atoms with Gasteiger partial charge in [-0.15, -0.1) is 0 Å². The van der Waals surface area contributed by atoms with Gasteiger partial charge in [0, 0.05) is 12.1 Å². The lowest BCUT2D eigenvalue weighted by Gasteiger charge is -2.58. The molecule has 6 N–H and O–H groups in total. The van der Waals surface area contributed by atoms with Crippen LogP contribution in [0.25, 0.3) is 0 Å². The van der Waals surface area contributed by atoms with Crippen LogP contribution in [0.2, 0.25) is 0 Å². The Balaban J connectivity index is 1.74. The third-order valence-electron chi connectivity index (χ3n) is 7.23. The van der Waals surface area contributed by atoms with Gasteiger partial charge < -0.3 is 15.4 Å². The Hall–Kier alpha value is -1.45. The number of benzene rings is 1. The van der Waals surface area contributed by atoms with Crippen molar-refractivity contribution in [2.45, 2.75) is 95.2 Å². The van der Waals surface area contributed by atoms with Crippen LogP contribution in [0.15, 0.2) is 18.2 Å². The zero-order valence-corrected chi connectivity index (χ0v) is 18.0. The zero-order valence-electron chi connectivity index (χ0n) is 18.0. The molecule has 1 aliphatic heterocycles. The summed E-state index contributed by atoms with van der Waals surface area (Å²) in [5.41, 5.74) is 20.8. The Bertz CT molecular complexity index is 707. The first-order valence-electron chi connectivity index (χ1n) is 11.5. The van der Waals surface area contributed by atoms with Gasteiger partial charge >= 0.3 is 0 Å². The predicted molar refractivity (Wildman–Crippen MR) is 117 cm³/mol. The smallest absolute Gasteiger partial charge is 0.188 e. The molecule has 8 heteroatoms. The first kappa shape index (κ1) is 21.8. The summed E-state index contributed by atoms with van der Waals surface area (Å²) in [7, 11) is 1.47. The summed E-state index contributed by atoms with van der Waals surface area (Å²) in [6, 6.07) is 5.67. The Kier molecular flexibility index (Phi) is 6.79. The van der Waals surface area contributed by atoms with Crippen molar-refractivity contribution in [1.29, 1.82) is 0 Å². The number of anilines is 1. The monoisotopic (exact) mass is 420 g/mol. The molecule has 3 aliphatic rings. The number of nitrogens with zero attached hydrogens (tertiary/aromatic N) is 3. The normalized spacial score (nSPS) is 30.6. The number of hydrogen-bond acceptors (Lipinski definition) is 7. The lowest BCUT2D eigenvalue weighted by atomic mass is 10.1. The Morgan fingerprint density at radius 3 is 1.80 bits per heavy atom. The van der Waals surface area contributed by atoms with Crippen LogP contribution in [0.5, 0.6) is 5.75 Å². The summed E-state index contributed by atoms with van der Waals surface area (Å²) in [5.74, 6) is -0.247. The molecular formula is C22H37FN6O. The maximum atomic E-state index is 15.3. The highest BCUT2D eigenvalue weighted by molar-refractivity contribution is 5.54. The van der Waals surface area contributed by atoms with Crippen LogP contribution >= 0.6 is 0 Å². The second-order valence-corrected chi connectivity index (χ2v) is 8.92. The van der Waals surface area contributed by atoms with Gasteiger partial charge in [0.1, 0.15) is 18.9 Å². The summed E-state index contributed by atoms with van der Waals surface area (Å²) in [4.78, 5) is 6.15. The fourth-order valence-electron chi connectivity index (χ4n) is 5.67. The first-order valence-corrected chi connectivity index (χ1v) is 11.5. The van der Waals surface area contributed by atoms with Crippen molar-refractivity contribution < 1.29 is 9.13 Å². The summed E-state index contributed by atoms with van der Waals surface area (Å²) >= 11 is 0. The Morgan fingerprint density at radius 2 is 1.30 bits per heavy atom. The second-order valence-electron chi connectivity index (χ2n) is 8.92. The lowest BCUT2D eigenvalue weighted by molar-refractivity contribution is -0.104. The van der Waals surface area contributed by atoms with E-state index in [0.717, 1.165) is 25.7 Å². The van der Waals surface area contributed by atoms with Crippen LogP contribution < -0.4 is 26.8 Å². The van der Waals surface area contributed by atoms with E-state index < -0.39 is 18.4 Å². The molecule has 0 radical (unpaired) electrons. The van der Waals surface area contributed by atoms with Crippen molar-refractivity contribution in [3.8, 4) is 5.75 Å². The van der Waals surface area contributed by atoms with Gasteiger partial charge in [0.15, 0.2) is 11.6 Å². The van der Waals surface area contributed by atoms with Gasteiger partial charge in [0.05, 0.1) is 12.8 Å². The predicted octanol–water partition coefficient (Wildman–Crippen LogP) is 2.65. The van der Waals surface area contributed by atoms with Crippen molar-refractivity contribution in [1.82, 2.24) is 9.80 Å². The standard InChI is InChI=1S/C22H37FN6O/c1-30-18-14-8-13-17(19(18)23)29-21(25)27(15-9-4-2-3-5-10-15)20(24)28(22(29)26)16-11-6-7-12-16/h8,13-16,20-22H,2-7,9-12,24-26H2,1H3. The average molecular weight is 421 g/mol. The number of methoxy groups -OCH3 is 1. The minimum absolute atomic E-state index is 0.190. The maximum Gasteiger partial charge on any atom is 0.188 e. The topological polar surface area (TPSA) is 97.0 Å². The minimum Gasteiger partial charge on any atom is -0.494 e. The zero-order chi connectivity index (χ0) is 21.3. The number of hydrogen-bond donors (Lipinski definition) is 3. The van der Waals surface area contributed by atoms with Gasteiger partial charge in [0.25, 0.3) is 0 Å². The summed E-state index contributed by atoms with van der Waals surface area (Å²) in [5, 5.41) is 0. The number of halogens is 1. The molecule has 0 bridgehead atoms. The maximum absolute atomic E-state index is 15.3. The van der Waals surface area contributed by atoms with E-state index in [1.165, 1.54) is 45.6 Å². The molecule has 3 unspecified atom stereocenters. The SMILES string of the molecule is COc1cccc(N2C(N)N(C3CCCCCC3)C(N)N(C3CCCC3)C2N)c1F. The molecule has 30 heavy (non-hydrogen) atoms. The molecule has 3 atom stereocenters. The summed E-state index contributed by atoms with van der Waals surface area (Å²) in [6.45, 7) is 0. The molecule has 1 heterocycles. The highest BCUT2D eigenvalue weighted by atomic mass is 19.1. The van der Waals surface area contributed by atoms with E-state index in [1.54, 1.807) is 23.1 Å². The van der Waals surface area contributed by atoms with Gasteiger partial charge in [-0.25, -0.2) is 14.2 Å². The lowest BCUT2D eigenvalue weighted by Crippen LogP contribution is -2.80. The molecule has 168 valence electrons. The highest BCUT2D eigenvalue weighted by Crippen LogP contribution is 2.38. The Labute approximate surface area is 179 Å². The van der Waals surface area contributed by atoms with Gasteiger partial charge in [-0.1, -0.05) is 44.6 Å². The molecule has 7 nitrogen and oxygen atoms in total. The summed E-state index contributed by atoms with van der Waals surface area (Å²) in [6.07, 6.45) is 9.84. The molecule has 2 saturated carbocycles. The molecule has 3 fully saturated rings. The van der Waals surface area contributed by atoms with E-state index in [-0.39, 0.29) is 24.1 Å². The molecule has 2 aliphatic carbocycles. The fraction of sp³-hybridized carbons (Fsp3) is 0.727. The van der Waals surface area contributed by atoms with Crippen LogP contribution in [-0.4, -0.2) is 47.9 Å². The van der Waals surface area contributed by atoms with E-state index in [1.807, 2.05) is 0 Å². The second kappa shape index (κ2) is 9.36. The Morgan fingerprint density at radius 1 is 0.800 bits per heavy atom. The van der Waals surface area contributed by atoms with E-state index in [4.69, 9.17) is 21.9 Å². The van der Waals surface area contributed by atoms with Crippen LogP contribution in [0, 0.1) is 5.82 Å². The molecule has 0 aromatic heterocycles.